The van der Waals surface area contributed by atoms with Crippen LogP contribution in [0.25, 0.3) is 4.96 Å². The van der Waals surface area contributed by atoms with E-state index in [1.54, 1.807) is 23.1 Å². The van der Waals surface area contributed by atoms with E-state index < -0.39 is 0 Å². The van der Waals surface area contributed by atoms with Gasteiger partial charge < -0.3 is 5.32 Å². The Morgan fingerprint density at radius 3 is 3.10 bits per heavy atom. The molecule has 0 saturated carbocycles. The SMILES string of the molecule is Cc1nonc1CC(=O)NC(C)c1cn2ncsc2n1. The van der Waals surface area contributed by atoms with Crippen LogP contribution < -0.4 is 5.32 Å². The van der Waals surface area contributed by atoms with Crippen LogP contribution in [-0.4, -0.2) is 30.8 Å². The summed E-state index contributed by atoms with van der Waals surface area (Å²) in [6.45, 7) is 3.62. The van der Waals surface area contributed by atoms with Crippen LogP contribution in [0.3, 0.4) is 0 Å². The van der Waals surface area contributed by atoms with Gasteiger partial charge in [0, 0.05) is 0 Å². The molecule has 1 atom stereocenters. The minimum absolute atomic E-state index is 0.139. The van der Waals surface area contributed by atoms with Crippen molar-refractivity contribution < 1.29 is 9.42 Å². The van der Waals surface area contributed by atoms with Gasteiger partial charge in [-0.05, 0) is 13.8 Å². The summed E-state index contributed by atoms with van der Waals surface area (Å²) in [6.07, 6.45) is 1.94. The number of rotatable bonds is 4. The highest BCUT2D eigenvalue weighted by Gasteiger charge is 2.16. The smallest absolute Gasteiger partial charge is 0.226 e. The number of amides is 1. The molecule has 9 heteroatoms. The standard InChI is InChI=1S/C11H12N6O2S/c1-6(9-4-17-11(14-9)20-5-12-17)13-10(18)3-8-7(2)15-19-16-8/h4-6H,3H2,1-2H3,(H,13,18). The average molecular weight is 292 g/mol. The molecular formula is C11H12N6O2S. The number of carbonyl (C=O) groups excluding carboxylic acids is 1. The van der Waals surface area contributed by atoms with Crippen LogP contribution in [0, 0.1) is 6.92 Å². The van der Waals surface area contributed by atoms with Crippen LogP contribution in [0.1, 0.15) is 30.0 Å². The second-order valence-corrected chi connectivity index (χ2v) is 5.21. The highest BCUT2D eigenvalue weighted by atomic mass is 32.1. The van der Waals surface area contributed by atoms with Crippen molar-refractivity contribution in [1.82, 2.24) is 30.2 Å². The molecule has 0 bridgehead atoms. The van der Waals surface area contributed by atoms with Crippen molar-refractivity contribution in [2.45, 2.75) is 26.3 Å². The number of aryl methyl sites for hydroxylation is 1. The molecule has 3 aromatic heterocycles. The number of fused-ring (bicyclic) bond motifs is 1. The summed E-state index contributed by atoms with van der Waals surface area (Å²) >= 11 is 1.45. The van der Waals surface area contributed by atoms with Gasteiger partial charge in [-0.15, -0.1) is 0 Å². The van der Waals surface area contributed by atoms with E-state index >= 15 is 0 Å². The molecule has 0 fully saturated rings. The highest BCUT2D eigenvalue weighted by Crippen LogP contribution is 2.15. The largest absolute Gasteiger partial charge is 0.348 e. The molecule has 1 amide bonds. The molecule has 0 aliphatic carbocycles. The maximum atomic E-state index is 11.9. The number of hydrogen-bond acceptors (Lipinski definition) is 7. The van der Waals surface area contributed by atoms with Crippen LogP contribution in [0.4, 0.5) is 0 Å². The molecule has 0 aromatic carbocycles. The lowest BCUT2D eigenvalue weighted by Gasteiger charge is -2.10. The summed E-state index contributed by atoms with van der Waals surface area (Å²) in [4.78, 5) is 17.1. The number of hydrogen-bond donors (Lipinski definition) is 1. The second kappa shape index (κ2) is 5.00. The summed E-state index contributed by atoms with van der Waals surface area (Å²) in [7, 11) is 0. The maximum absolute atomic E-state index is 11.9. The molecule has 0 aliphatic heterocycles. The van der Waals surface area contributed by atoms with E-state index in [1.807, 2.05) is 6.92 Å². The van der Waals surface area contributed by atoms with Crippen molar-refractivity contribution in [3.63, 3.8) is 0 Å². The first-order valence-corrected chi connectivity index (χ1v) is 6.87. The van der Waals surface area contributed by atoms with E-state index in [0.29, 0.717) is 11.4 Å². The van der Waals surface area contributed by atoms with Gasteiger partial charge in [-0.3, -0.25) is 4.79 Å². The molecule has 3 rings (SSSR count). The van der Waals surface area contributed by atoms with Gasteiger partial charge in [0.2, 0.25) is 10.9 Å². The summed E-state index contributed by atoms with van der Waals surface area (Å²) in [5.41, 5.74) is 3.66. The number of aromatic nitrogens is 5. The van der Waals surface area contributed by atoms with E-state index in [2.05, 4.69) is 30.3 Å². The molecule has 3 aromatic rings. The molecule has 3 heterocycles. The lowest BCUT2D eigenvalue weighted by Crippen LogP contribution is -2.28. The molecule has 20 heavy (non-hydrogen) atoms. The van der Waals surface area contributed by atoms with Crippen molar-refractivity contribution in [1.29, 1.82) is 0 Å². The molecule has 8 nitrogen and oxygen atoms in total. The first-order chi connectivity index (χ1) is 9.63. The molecule has 0 aliphatic rings. The quantitative estimate of drug-likeness (QED) is 0.767. The normalized spacial score (nSPS) is 12.7. The molecular weight excluding hydrogens is 280 g/mol. The minimum atomic E-state index is -0.198. The van der Waals surface area contributed by atoms with Gasteiger partial charge in [0.25, 0.3) is 0 Å². The van der Waals surface area contributed by atoms with Gasteiger partial charge in [-0.25, -0.2) is 14.1 Å². The van der Waals surface area contributed by atoms with Gasteiger partial charge in [0.05, 0.1) is 24.4 Å². The summed E-state index contributed by atoms with van der Waals surface area (Å²) in [6, 6.07) is -0.198. The predicted molar refractivity (Wildman–Crippen MR) is 70.2 cm³/mol. The van der Waals surface area contributed by atoms with E-state index in [0.717, 1.165) is 10.7 Å². The van der Waals surface area contributed by atoms with Gasteiger partial charge in [-0.1, -0.05) is 21.7 Å². The van der Waals surface area contributed by atoms with Crippen molar-refractivity contribution in [3.8, 4) is 0 Å². The number of carbonyl (C=O) groups is 1. The molecule has 0 radical (unpaired) electrons. The summed E-state index contributed by atoms with van der Waals surface area (Å²) in [5.74, 6) is -0.152. The Hall–Kier alpha value is -2.29. The van der Waals surface area contributed by atoms with Gasteiger partial charge >= 0.3 is 0 Å². The van der Waals surface area contributed by atoms with Crippen LogP contribution in [0.5, 0.6) is 0 Å². The zero-order valence-corrected chi connectivity index (χ0v) is 11.7. The lowest BCUT2D eigenvalue weighted by molar-refractivity contribution is -0.121. The Morgan fingerprint density at radius 1 is 1.55 bits per heavy atom. The third-order valence-electron chi connectivity index (χ3n) is 2.90. The van der Waals surface area contributed by atoms with Crippen molar-refractivity contribution in [3.05, 3.63) is 28.8 Å². The maximum Gasteiger partial charge on any atom is 0.226 e. The number of nitrogens with one attached hydrogen (secondary N) is 1. The zero-order chi connectivity index (χ0) is 14.1. The van der Waals surface area contributed by atoms with Crippen LogP contribution in [0.15, 0.2) is 16.3 Å². The van der Waals surface area contributed by atoms with Crippen molar-refractivity contribution in [2.75, 3.05) is 0 Å². The molecule has 104 valence electrons. The second-order valence-electron chi connectivity index (χ2n) is 4.39. The first kappa shape index (κ1) is 12.7. The third-order valence-corrected chi connectivity index (χ3v) is 3.59. The predicted octanol–water partition coefficient (Wildman–Crippen LogP) is 0.902. The Labute approximate surface area is 117 Å². The fraction of sp³-hybridized carbons (Fsp3) is 0.364. The number of imidazole rings is 1. The Bertz CT molecular complexity index is 716. The highest BCUT2D eigenvalue weighted by molar-refractivity contribution is 7.14. The van der Waals surface area contributed by atoms with Crippen LogP contribution in [0.2, 0.25) is 0 Å². The Balaban J connectivity index is 1.66. The molecule has 0 spiro atoms. The van der Waals surface area contributed by atoms with E-state index in [-0.39, 0.29) is 18.4 Å². The monoisotopic (exact) mass is 292 g/mol. The van der Waals surface area contributed by atoms with Crippen LogP contribution in [-0.2, 0) is 11.2 Å². The molecule has 1 N–H and O–H groups in total. The fourth-order valence-corrected chi connectivity index (χ4v) is 2.40. The average Bonchev–Trinajstić information content (AvgIpc) is 3.05. The summed E-state index contributed by atoms with van der Waals surface area (Å²) < 4.78 is 6.25. The minimum Gasteiger partial charge on any atom is -0.348 e. The topological polar surface area (TPSA) is 98.2 Å². The lowest BCUT2D eigenvalue weighted by atomic mass is 10.2. The molecule has 0 saturated heterocycles. The van der Waals surface area contributed by atoms with Crippen LogP contribution >= 0.6 is 11.3 Å². The first-order valence-electron chi connectivity index (χ1n) is 5.99. The van der Waals surface area contributed by atoms with Gasteiger partial charge in [-0.2, -0.15) is 5.10 Å². The van der Waals surface area contributed by atoms with E-state index in [1.165, 1.54) is 11.3 Å². The van der Waals surface area contributed by atoms with Gasteiger partial charge in [0.15, 0.2) is 0 Å². The van der Waals surface area contributed by atoms with E-state index in [4.69, 9.17) is 0 Å². The third kappa shape index (κ3) is 2.39. The zero-order valence-electron chi connectivity index (χ0n) is 10.9. The Kier molecular flexibility index (Phi) is 3.18. The fourth-order valence-electron chi connectivity index (χ4n) is 1.79. The van der Waals surface area contributed by atoms with E-state index in [9.17, 15) is 4.79 Å². The Morgan fingerprint density at radius 2 is 2.40 bits per heavy atom. The number of nitrogens with zero attached hydrogens (tertiary/aromatic N) is 5. The van der Waals surface area contributed by atoms with Crippen molar-refractivity contribution in [2.24, 2.45) is 0 Å². The van der Waals surface area contributed by atoms with Crippen molar-refractivity contribution >= 4 is 22.2 Å². The molecule has 1 unspecified atom stereocenters. The summed E-state index contributed by atoms with van der Waals surface area (Å²) in [5, 5.41) is 14.3. The van der Waals surface area contributed by atoms with Gasteiger partial charge in [0.1, 0.15) is 16.9 Å².